The Morgan fingerprint density at radius 3 is 2.62 bits per heavy atom. The molecule has 3 heterocycles. The first-order valence-electron chi connectivity index (χ1n) is 10.8. The molecule has 0 fully saturated rings. The zero-order valence-electron chi connectivity index (χ0n) is 18.4. The zero-order chi connectivity index (χ0) is 23.7. The maximum Gasteiger partial charge on any atom is 0.254 e. The van der Waals surface area contributed by atoms with E-state index in [0.29, 0.717) is 11.3 Å². The number of amides is 1. The number of aromatic nitrogens is 4. The van der Waals surface area contributed by atoms with E-state index in [1.165, 1.54) is 12.1 Å². The summed E-state index contributed by atoms with van der Waals surface area (Å²) in [7, 11) is 0. The average molecular weight is 455 g/mol. The number of carbonyl (C=O) groups excluding carboxylic acids is 1. The van der Waals surface area contributed by atoms with Crippen LogP contribution in [0.2, 0.25) is 0 Å². The second-order valence-electron chi connectivity index (χ2n) is 8.01. The Labute approximate surface area is 194 Å². The standard InChI is InChI=1S/C26H22FN5O2/c1-16-21(12-29-31-16)19-8-10-25-28-13-24(32(25)14-19)18-7-9-20(22(27)11-18)26(34)30-23(15-33)17-5-3-2-4-6-17/h2-14,23,33H,15H2,1H3,(H,29,31)(H,30,34). The number of aromatic amines is 1. The Morgan fingerprint density at radius 2 is 1.91 bits per heavy atom. The Morgan fingerprint density at radius 1 is 1.12 bits per heavy atom. The van der Waals surface area contributed by atoms with E-state index in [0.717, 1.165) is 28.0 Å². The van der Waals surface area contributed by atoms with E-state index in [1.807, 2.05) is 47.9 Å². The summed E-state index contributed by atoms with van der Waals surface area (Å²) in [5, 5.41) is 19.4. The molecule has 1 unspecified atom stereocenters. The molecule has 0 saturated carbocycles. The van der Waals surface area contributed by atoms with Crippen LogP contribution in [0.15, 0.2) is 79.3 Å². The highest BCUT2D eigenvalue weighted by molar-refractivity contribution is 5.95. The van der Waals surface area contributed by atoms with Crippen molar-refractivity contribution in [1.29, 1.82) is 0 Å². The molecule has 7 nitrogen and oxygen atoms in total. The molecule has 5 rings (SSSR count). The summed E-state index contributed by atoms with van der Waals surface area (Å²) >= 11 is 0. The molecule has 0 spiro atoms. The third-order valence-electron chi connectivity index (χ3n) is 5.85. The lowest BCUT2D eigenvalue weighted by Gasteiger charge is -2.17. The van der Waals surface area contributed by atoms with Gasteiger partial charge in [-0.1, -0.05) is 36.4 Å². The fourth-order valence-corrected chi connectivity index (χ4v) is 4.01. The lowest BCUT2D eigenvalue weighted by Crippen LogP contribution is -2.31. The van der Waals surface area contributed by atoms with E-state index in [2.05, 4.69) is 20.5 Å². The summed E-state index contributed by atoms with van der Waals surface area (Å²) in [6, 6.07) is 16.7. The number of fused-ring (bicyclic) bond motifs is 1. The van der Waals surface area contributed by atoms with Gasteiger partial charge in [-0.25, -0.2) is 9.37 Å². The van der Waals surface area contributed by atoms with Gasteiger partial charge in [0.25, 0.3) is 5.91 Å². The normalized spacial score (nSPS) is 12.1. The smallest absolute Gasteiger partial charge is 0.254 e. The molecule has 5 aromatic rings. The second kappa shape index (κ2) is 8.92. The van der Waals surface area contributed by atoms with Crippen molar-refractivity contribution in [3.8, 4) is 22.4 Å². The zero-order valence-corrected chi connectivity index (χ0v) is 18.4. The van der Waals surface area contributed by atoms with Crippen molar-refractivity contribution in [3.05, 3.63) is 102 Å². The number of aliphatic hydroxyl groups is 1. The number of H-pyrrole nitrogens is 1. The van der Waals surface area contributed by atoms with Gasteiger partial charge in [-0.15, -0.1) is 0 Å². The van der Waals surface area contributed by atoms with Gasteiger partial charge in [-0.2, -0.15) is 5.10 Å². The molecule has 0 aliphatic rings. The monoisotopic (exact) mass is 455 g/mol. The molecule has 0 saturated heterocycles. The highest BCUT2D eigenvalue weighted by atomic mass is 19.1. The average Bonchev–Trinajstić information content (AvgIpc) is 3.48. The quantitative estimate of drug-likeness (QED) is 0.356. The van der Waals surface area contributed by atoms with Crippen LogP contribution in [0.1, 0.15) is 27.7 Å². The SMILES string of the molecule is Cc1[nH]ncc1-c1ccc2ncc(-c3ccc(C(=O)NC(CO)c4ccccc4)c(F)c3)n2c1. The van der Waals surface area contributed by atoms with Crippen molar-refractivity contribution in [3.63, 3.8) is 0 Å². The van der Waals surface area contributed by atoms with Crippen LogP contribution in [-0.4, -0.2) is 37.2 Å². The van der Waals surface area contributed by atoms with E-state index in [1.54, 1.807) is 30.6 Å². The first-order chi connectivity index (χ1) is 16.5. The molecule has 0 bridgehead atoms. The molecule has 0 radical (unpaired) electrons. The van der Waals surface area contributed by atoms with Crippen LogP contribution in [0.3, 0.4) is 0 Å². The summed E-state index contributed by atoms with van der Waals surface area (Å²) in [5.41, 5.74) is 5.51. The first kappa shape index (κ1) is 21.5. The summed E-state index contributed by atoms with van der Waals surface area (Å²) in [4.78, 5) is 17.2. The number of hydrogen-bond donors (Lipinski definition) is 3. The number of benzene rings is 2. The Bertz CT molecular complexity index is 1480. The van der Waals surface area contributed by atoms with Gasteiger partial charge in [0.05, 0.1) is 36.3 Å². The van der Waals surface area contributed by atoms with E-state index < -0.39 is 17.8 Å². The molecule has 0 aliphatic carbocycles. The van der Waals surface area contributed by atoms with Crippen molar-refractivity contribution in [2.75, 3.05) is 6.61 Å². The topological polar surface area (TPSA) is 95.3 Å². The van der Waals surface area contributed by atoms with Gasteiger partial charge in [0.1, 0.15) is 11.5 Å². The number of aryl methyl sites for hydroxylation is 1. The van der Waals surface area contributed by atoms with Gasteiger partial charge < -0.3 is 10.4 Å². The first-order valence-corrected chi connectivity index (χ1v) is 10.8. The molecule has 34 heavy (non-hydrogen) atoms. The number of rotatable bonds is 6. The molecule has 8 heteroatoms. The Kier molecular flexibility index (Phi) is 5.65. The highest BCUT2D eigenvalue weighted by Crippen LogP contribution is 2.27. The van der Waals surface area contributed by atoms with Gasteiger partial charge in [0, 0.05) is 28.6 Å². The minimum absolute atomic E-state index is 0.0957. The number of nitrogens with one attached hydrogen (secondary N) is 2. The Hall–Kier alpha value is -4.30. The number of carbonyl (C=O) groups is 1. The van der Waals surface area contributed by atoms with E-state index in [-0.39, 0.29) is 12.2 Å². The molecule has 3 N–H and O–H groups in total. The second-order valence-corrected chi connectivity index (χ2v) is 8.01. The molecule has 1 amide bonds. The van der Waals surface area contributed by atoms with Gasteiger partial charge in [-0.05, 0) is 36.8 Å². The summed E-state index contributed by atoms with van der Waals surface area (Å²) in [5.74, 6) is -1.25. The summed E-state index contributed by atoms with van der Waals surface area (Å²) in [6.07, 6.45) is 5.36. The minimum Gasteiger partial charge on any atom is -0.394 e. The van der Waals surface area contributed by atoms with Gasteiger partial charge in [0.2, 0.25) is 0 Å². The van der Waals surface area contributed by atoms with Crippen LogP contribution in [0.4, 0.5) is 4.39 Å². The van der Waals surface area contributed by atoms with Crippen LogP contribution in [0, 0.1) is 12.7 Å². The molecular formula is C26H22FN5O2. The fraction of sp³-hybridized carbons (Fsp3) is 0.115. The maximum atomic E-state index is 15.0. The van der Waals surface area contributed by atoms with Crippen molar-refractivity contribution >= 4 is 11.6 Å². The predicted octanol–water partition coefficient (Wildman–Crippen LogP) is 4.30. The number of hydrogen-bond acceptors (Lipinski definition) is 4. The number of pyridine rings is 1. The predicted molar refractivity (Wildman–Crippen MR) is 127 cm³/mol. The number of aliphatic hydroxyl groups excluding tert-OH is 1. The van der Waals surface area contributed by atoms with Crippen LogP contribution in [0.5, 0.6) is 0 Å². The molecule has 1 atom stereocenters. The molecular weight excluding hydrogens is 433 g/mol. The molecule has 170 valence electrons. The molecule has 0 aliphatic heterocycles. The summed E-state index contributed by atoms with van der Waals surface area (Å²) < 4.78 is 16.9. The van der Waals surface area contributed by atoms with E-state index >= 15 is 4.39 Å². The van der Waals surface area contributed by atoms with Gasteiger partial charge in [0.15, 0.2) is 0 Å². The maximum absolute atomic E-state index is 15.0. The highest BCUT2D eigenvalue weighted by Gasteiger charge is 2.19. The van der Waals surface area contributed by atoms with Crippen LogP contribution >= 0.6 is 0 Å². The fourth-order valence-electron chi connectivity index (χ4n) is 4.01. The van der Waals surface area contributed by atoms with Crippen molar-refractivity contribution in [2.45, 2.75) is 13.0 Å². The third-order valence-corrected chi connectivity index (χ3v) is 5.85. The van der Waals surface area contributed by atoms with Crippen LogP contribution in [-0.2, 0) is 0 Å². The lowest BCUT2D eigenvalue weighted by atomic mass is 10.1. The van der Waals surface area contributed by atoms with Gasteiger partial charge >= 0.3 is 0 Å². The Balaban J connectivity index is 1.44. The molecule has 2 aromatic carbocycles. The third kappa shape index (κ3) is 3.95. The largest absolute Gasteiger partial charge is 0.394 e. The lowest BCUT2D eigenvalue weighted by molar-refractivity contribution is 0.0912. The number of halogens is 1. The number of nitrogens with zero attached hydrogens (tertiary/aromatic N) is 3. The van der Waals surface area contributed by atoms with Gasteiger partial charge in [-0.3, -0.25) is 14.3 Å². The molecule has 3 aromatic heterocycles. The van der Waals surface area contributed by atoms with Crippen LogP contribution in [0.25, 0.3) is 28.0 Å². The van der Waals surface area contributed by atoms with Crippen molar-refractivity contribution in [2.24, 2.45) is 0 Å². The van der Waals surface area contributed by atoms with Crippen molar-refractivity contribution < 1.29 is 14.3 Å². The van der Waals surface area contributed by atoms with Crippen LogP contribution < -0.4 is 5.32 Å². The number of imidazole rings is 1. The van der Waals surface area contributed by atoms with E-state index in [4.69, 9.17) is 0 Å². The summed E-state index contributed by atoms with van der Waals surface area (Å²) in [6.45, 7) is 1.65. The minimum atomic E-state index is -0.656. The van der Waals surface area contributed by atoms with E-state index in [9.17, 15) is 9.90 Å². The van der Waals surface area contributed by atoms with Crippen molar-refractivity contribution in [1.82, 2.24) is 24.9 Å².